The van der Waals surface area contributed by atoms with Gasteiger partial charge in [-0.1, -0.05) is 30.3 Å². The summed E-state index contributed by atoms with van der Waals surface area (Å²) in [6.45, 7) is 1.06. The van der Waals surface area contributed by atoms with Crippen LogP contribution in [0, 0.1) is 0 Å². The minimum Gasteiger partial charge on any atom is -0.497 e. The zero-order valence-electron chi connectivity index (χ0n) is 16.6. The molecule has 0 saturated carbocycles. The van der Waals surface area contributed by atoms with Crippen molar-refractivity contribution in [1.82, 2.24) is 19.9 Å². The summed E-state index contributed by atoms with van der Waals surface area (Å²) in [7, 11) is 1.61. The minimum absolute atomic E-state index is 0.111. The fraction of sp³-hybridized carbons (Fsp3) is 0.174. The molecule has 0 aliphatic heterocycles. The van der Waals surface area contributed by atoms with Crippen molar-refractivity contribution in [2.45, 2.75) is 13.0 Å². The van der Waals surface area contributed by atoms with Gasteiger partial charge in [-0.25, -0.2) is 4.98 Å². The Morgan fingerprint density at radius 1 is 1.13 bits per heavy atom. The molecule has 0 fully saturated rings. The van der Waals surface area contributed by atoms with Gasteiger partial charge in [0.2, 0.25) is 0 Å². The number of ether oxygens (including phenoxy) is 1. The number of nitrogens with one attached hydrogen (secondary N) is 2. The Morgan fingerprint density at radius 3 is 2.73 bits per heavy atom. The van der Waals surface area contributed by atoms with Gasteiger partial charge in [0, 0.05) is 37.3 Å². The third-order valence-corrected chi connectivity index (χ3v) is 4.87. The Balaban J connectivity index is 1.41. The van der Waals surface area contributed by atoms with Crippen LogP contribution in [0.25, 0.3) is 10.9 Å². The summed E-state index contributed by atoms with van der Waals surface area (Å²) in [6, 6.07) is 18.8. The summed E-state index contributed by atoms with van der Waals surface area (Å²) < 4.78 is 7.23. The van der Waals surface area contributed by atoms with E-state index < -0.39 is 0 Å². The van der Waals surface area contributed by atoms with Crippen molar-refractivity contribution in [1.29, 1.82) is 0 Å². The standard InChI is InChI=1S/C23H22N4O3/c1-30-18-8-6-16(7-9-18)14-21-25-19(15-22(28)26-21)23(29)24-11-13-27-12-10-17-4-2-3-5-20(17)27/h2-10,12,15H,11,13-14H2,1H3,(H,24,29)(H,25,26,28). The lowest BCUT2D eigenvalue weighted by atomic mass is 10.1. The van der Waals surface area contributed by atoms with Crippen molar-refractivity contribution in [3.8, 4) is 5.75 Å². The highest BCUT2D eigenvalue weighted by atomic mass is 16.5. The summed E-state index contributed by atoms with van der Waals surface area (Å²) >= 11 is 0. The second-order valence-electron chi connectivity index (χ2n) is 6.93. The number of aromatic amines is 1. The van der Waals surface area contributed by atoms with Crippen LogP contribution in [-0.2, 0) is 13.0 Å². The maximum absolute atomic E-state index is 12.5. The first-order valence-corrected chi connectivity index (χ1v) is 9.67. The molecule has 4 rings (SSSR count). The summed E-state index contributed by atoms with van der Waals surface area (Å²) in [4.78, 5) is 31.6. The number of amides is 1. The topological polar surface area (TPSA) is 89.0 Å². The molecule has 1 amide bonds. The van der Waals surface area contributed by atoms with Crippen LogP contribution in [0.4, 0.5) is 0 Å². The Morgan fingerprint density at radius 2 is 1.93 bits per heavy atom. The van der Waals surface area contributed by atoms with Gasteiger partial charge >= 0.3 is 0 Å². The number of hydrogen-bond donors (Lipinski definition) is 2. The smallest absolute Gasteiger partial charge is 0.270 e. The molecular weight excluding hydrogens is 380 g/mol. The van der Waals surface area contributed by atoms with E-state index in [-0.39, 0.29) is 17.2 Å². The average molecular weight is 402 g/mol. The van der Waals surface area contributed by atoms with Crippen LogP contribution in [0.2, 0.25) is 0 Å². The Labute approximate surface area is 173 Å². The van der Waals surface area contributed by atoms with E-state index in [1.807, 2.05) is 54.7 Å². The lowest BCUT2D eigenvalue weighted by Gasteiger charge is -2.08. The largest absolute Gasteiger partial charge is 0.497 e. The van der Waals surface area contributed by atoms with Crippen molar-refractivity contribution >= 4 is 16.8 Å². The number of fused-ring (bicyclic) bond motifs is 1. The molecule has 0 bridgehead atoms. The maximum Gasteiger partial charge on any atom is 0.270 e. The molecule has 0 spiro atoms. The fourth-order valence-corrected chi connectivity index (χ4v) is 3.36. The second-order valence-corrected chi connectivity index (χ2v) is 6.93. The molecule has 0 aliphatic rings. The first-order chi connectivity index (χ1) is 14.6. The molecule has 0 unspecified atom stereocenters. The SMILES string of the molecule is COc1ccc(Cc2nc(C(=O)NCCn3ccc4ccccc43)cc(=O)[nH]2)cc1. The number of H-pyrrole nitrogens is 1. The van der Waals surface area contributed by atoms with Crippen LogP contribution in [0.15, 0.2) is 71.7 Å². The van der Waals surface area contributed by atoms with Gasteiger partial charge in [-0.05, 0) is 35.2 Å². The number of nitrogens with zero attached hydrogens (tertiary/aromatic N) is 2. The highest BCUT2D eigenvalue weighted by molar-refractivity contribution is 5.92. The van der Waals surface area contributed by atoms with Crippen LogP contribution in [-0.4, -0.2) is 34.1 Å². The zero-order chi connectivity index (χ0) is 20.9. The van der Waals surface area contributed by atoms with Crippen molar-refractivity contribution < 1.29 is 9.53 Å². The number of methoxy groups -OCH3 is 1. The molecule has 0 radical (unpaired) electrons. The number of carbonyl (C=O) groups excluding carboxylic acids is 1. The predicted octanol–water partition coefficient (Wildman–Crippen LogP) is 2.75. The number of benzene rings is 2. The molecule has 0 atom stereocenters. The lowest BCUT2D eigenvalue weighted by molar-refractivity contribution is 0.0947. The number of rotatable bonds is 7. The third kappa shape index (κ3) is 4.41. The highest BCUT2D eigenvalue weighted by Crippen LogP contribution is 2.15. The van der Waals surface area contributed by atoms with Gasteiger partial charge in [0.05, 0.1) is 7.11 Å². The molecule has 2 N–H and O–H groups in total. The van der Waals surface area contributed by atoms with Crippen LogP contribution in [0.3, 0.4) is 0 Å². The van der Waals surface area contributed by atoms with Gasteiger partial charge in [0.25, 0.3) is 11.5 Å². The predicted molar refractivity (Wildman–Crippen MR) is 115 cm³/mol. The van der Waals surface area contributed by atoms with Crippen molar-refractivity contribution in [2.75, 3.05) is 13.7 Å². The lowest BCUT2D eigenvalue weighted by Crippen LogP contribution is -2.29. The zero-order valence-corrected chi connectivity index (χ0v) is 16.6. The van der Waals surface area contributed by atoms with Crippen molar-refractivity contribution in [2.24, 2.45) is 0 Å². The first kappa shape index (κ1) is 19.4. The Kier molecular flexibility index (Phi) is 5.61. The summed E-state index contributed by atoms with van der Waals surface area (Å²) in [5.41, 5.74) is 1.83. The maximum atomic E-state index is 12.5. The molecular formula is C23H22N4O3. The van der Waals surface area contributed by atoms with Gasteiger partial charge < -0.3 is 19.6 Å². The highest BCUT2D eigenvalue weighted by Gasteiger charge is 2.11. The molecule has 30 heavy (non-hydrogen) atoms. The molecule has 7 nitrogen and oxygen atoms in total. The monoisotopic (exact) mass is 402 g/mol. The van der Waals surface area contributed by atoms with Crippen LogP contribution >= 0.6 is 0 Å². The average Bonchev–Trinajstić information content (AvgIpc) is 3.17. The van der Waals surface area contributed by atoms with E-state index in [9.17, 15) is 9.59 Å². The van der Waals surface area contributed by atoms with E-state index >= 15 is 0 Å². The van der Waals surface area contributed by atoms with Crippen LogP contribution < -0.4 is 15.6 Å². The first-order valence-electron chi connectivity index (χ1n) is 9.67. The van der Waals surface area contributed by atoms with Gasteiger partial charge in [0.15, 0.2) is 0 Å². The Hall–Kier alpha value is -3.87. The molecule has 7 heteroatoms. The number of hydrogen-bond acceptors (Lipinski definition) is 4. The van der Waals surface area contributed by atoms with Gasteiger partial charge in [-0.3, -0.25) is 9.59 Å². The van der Waals surface area contributed by atoms with Crippen LogP contribution in [0.5, 0.6) is 5.75 Å². The second kappa shape index (κ2) is 8.65. The summed E-state index contributed by atoms with van der Waals surface area (Å²) in [5, 5.41) is 4.00. The fourth-order valence-electron chi connectivity index (χ4n) is 3.36. The molecule has 2 aromatic carbocycles. The van der Waals surface area contributed by atoms with E-state index in [1.54, 1.807) is 7.11 Å². The van der Waals surface area contributed by atoms with Gasteiger partial charge in [0.1, 0.15) is 17.3 Å². The molecule has 152 valence electrons. The number of aromatic nitrogens is 3. The molecule has 4 aromatic rings. The molecule has 0 aliphatic carbocycles. The van der Waals surface area contributed by atoms with Crippen molar-refractivity contribution in [3.63, 3.8) is 0 Å². The van der Waals surface area contributed by atoms with Gasteiger partial charge in [-0.2, -0.15) is 0 Å². The summed E-state index contributed by atoms with van der Waals surface area (Å²) in [6.07, 6.45) is 2.41. The third-order valence-electron chi connectivity index (χ3n) is 4.87. The Bertz CT molecular complexity index is 1230. The molecule has 0 saturated heterocycles. The van der Waals surface area contributed by atoms with Gasteiger partial charge in [-0.15, -0.1) is 0 Å². The van der Waals surface area contributed by atoms with E-state index in [1.165, 1.54) is 6.07 Å². The van der Waals surface area contributed by atoms with Crippen molar-refractivity contribution in [3.05, 3.63) is 94.3 Å². The molecule has 2 heterocycles. The molecule has 2 aromatic heterocycles. The van der Waals surface area contributed by atoms with E-state index in [0.717, 1.165) is 22.2 Å². The quantitative estimate of drug-likeness (QED) is 0.497. The van der Waals surface area contributed by atoms with E-state index in [0.29, 0.717) is 25.3 Å². The van der Waals surface area contributed by atoms with E-state index in [2.05, 4.69) is 25.9 Å². The normalized spacial score (nSPS) is 10.8. The van der Waals surface area contributed by atoms with Crippen LogP contribution in [0.1, 0.15) is 21.9 Å². The number of para-hydroxylation sites is 1. The number of carbonyl (C=O) groups is 1. The minimum atomic E-state index is -0.367. The summed E-state index contributed by atoms with van der Waals surface area (Å²) in [5.74, 6) is 0.826. The van der Waals surface area contributed by atoms with E-state index in [4.69, 9.17) is 4.74 Å².